The van der Waals surface area contributed by atoms with Crippen molar-refractivity contribution < 1.29 is 14.3 Å². The summed E-state index contributed by atoms with van der Waals surface area (Å²) in [5, 5.41) is 4.67. The monoisotopic (exact) mass is 318 g/mol. The number of carbonyl (C=O) groups is 2. The average Bonchev–Trinajstić information content (AvgIpc) is 3.00. The van der Waals surface area contributed by atoms with Crippen molar-refractivity contribution in [2.24, 2.45) is 0 Å². The third kappa shape index (κ3) is 3.85. The first-order valence-corrected chi connectivity index (χ1v) is 7.73. The van der Waals surface area contributed by atoms with Crippen molar-refractivity contribution in [1.82, 2.24) is 5.32 Å². The second-order valence-electron chi connectivity index (χ2n) is 4.88. The Morgan fingerprint density at radius 3 is 2.77 bits per heavy atom. The van der Waals surface area contributed by atoms with Crippen LogP contribution in [-0.2, 0) is 16.1 Å². The zero-order chi connectivity index (χ0) is 16.1. The molecule has 0 aliphatic carbocycles. The predicted molar refractivity (Wildman–Crippen MR) is 86.6 cm³/mol. The van der Waals surface area contributed by atoms with E-state index in [-0.39, 0.29) is 11.5 Å². The number of esters is 1. The molecule has 1 heterocycles. The van der Waals surface area contributed by atoms with Crippen molar-refractivity contribution in [1.29, 1.82) is 0 Å². The first-order chi connectivity index (χ1) is 10.5. The number of nitrogens with one attached hydrogen (secondary N) is 1. The van der Waals surface area contributed by atoms with E-state index in [4.69, 9.17) is 10.5 Å². The lowest BCUT2D eigenvalue weighted by atomic mass is 10.1. The molecule has 22 heavy (non-hydrogen) atoms. The first kappa shape index (κ1) is 16.0. The molecule has 1 aromatic heterocycles. The average molecular weight is 318 g/mol. The minimum absolute atomic E-state index is 0.276. The van der Waals surface area contributed by atoms with Crippen LogP contribution in [0.3, 0.4) is 0 Å². The quantitative estimate of drug-likeness (QED) is 0.655. The normalized spacial score (nSPS) is 11.7. The number of nitrogen functional groups attached to an aromatic ring is 1. The molecule has 0 spiro atoms. The lowest BCUT2D eigenvalue weighted by Gasteiger charge is -2.14. The van der Waals surface area contributed by atoms with Crippen molar-refractivity contribution in [3.05, 3.63) is 51.7 Å². The number of benzene rings is 1. The molecule has 0 saturated carbocycles. The minimum atomic E-state index is -0.882. The van der Waals surface area contributed by atoms with Crippen LogP contribution in [0.25, 0.3) is 0 Å². The minimum Gasteiger partial charge on any atom is -0.449 e. The summed E-state index contributed by atoms with van der Waals surface area (Å²) >= 11 is 1.55. The molecular weight excluding hydrogens is 300 g/mol. The number of amides is 1. The van der Waals surface area contributed by atoms with Crippen LogP contribution in [0.15, 0.2) is 35.7 Å². The summed E-state index contributed by atoms with van der Waals surface area (Å²) in [4.78, 5) is 25.1. The summed E-state index contributed by atoms with van der Waals surface area (Å²) in [6.07, 6.45) is -0.882. The van der Waals surface area contributed by atoms with Crippen LogP contribution in [0, 0.1) is 6.92 Å². The van der Waals surface area contributed by atoms with Crippen LogP contribution in [0.2, 0.25) is 0 Å². The van der Waals surface area contributed by atoms with E-state index in [0.29, 0.717) is 12.2 Å². The zero-order valence-corrected chi connectivity index (χ0v) is 13.3. The highest BCUT2D eigenvalue weighted by Crippen LogP contribution is 2.18. The molecule has 0 radical (unpaired) electrons. The Balaban J connectivity index is 1.93. The maximum atomic E-state index is 12.1. The lowest BCUT2D eigenvalue weighted by Crippen LogP contribution is -2.35. The van der Waals surface area contributed by atoms with Crippen LogP contribution in [0.5, 0.6) is 0 Å². The van der Waals surface area contributed by atoms with E-state index in [9.17, 15) is 9.59 Å². The molecule has 0 fully saturated rings. The van der Waals surface area contributed by atoms with Gasteiger partial charge in [-0.25, -0.2) is 4.79 Å². The summed E-state index contributed by atoms with van der Waals surface area (Å²) < 4.78 is 5.18. The molecule has 1 atom stereocenters. The van der Waals surface area contributed by atoms with Crippen molar-refractivity contribution >= 4 is 28.9 Å². The summed E-state index contributed by atoms with van der Waals surface area (Å²) in [6.45, 7) is 3.77. The third-order valence-corrected chi connectivity index (χ3v) is 4.09. The summed E-state index contributed by atoms with van der Waals surface area (Å²) in [5.41, 5.74) is 7.30. The van der Waals surface area contributed by atoms with Gasteiger partial charge in [-0.2, -0.15) is 0 Å². The molecule has 3 N–H and O–H groups in total. The molecule has 2 rings (SSSR count). The van der Waals surface area contributed by atoms with Gasteiger partial charge in [-0.15, -0.1) is 11.3 Å². The van der Waals surface area contributed by atoms with Crippen molar-refractivity contribution in [3.8, 4) is 0 Å². The molecule has 1 unspecified atom stereocenters. The predicted octanol–water partition coefficient (Wildman–Crippen LogP) is 2.50. The summed E-state index contributed by atoms with van der Waals surface area (Å²) in [7, 11) is 0. The van der Waals surface area contributed by atoms with Crippen LogP contribution in [0.1, 0.15) is 27.7 Å². The second-order valence-corrected chi connectivity index (χ2v) is 5.91. The van der Waals surface area contributed by atoms with E-state index in [1.807, 2.05) is 30.5 Å². The van der Waals surface area contributed by atoms with Crippen LogP contribution < -0.4 is 11.1 Å². The fourth-order valence-corrected chi connectivity index (χ4v) is 2.51. The van der Waals surface area contributed by atoms with Crippen LogP contribution >= 0.6 is 11.3 Å². The standard InChI is InChI=1S/C16H18N2O3S/c1-10-5-3-7-13(14(10)17)16(20)21-11(2)15(19)18-9-12-6-4-8-22-12/h3-8,11H,9,17H2,1-2H3,(H,18,19). The Morgan fingerprint density at radius 2 is 2.09 bits per heavy atom. The summed E-state index contributed by atoms with van der Waals surface area (Å²) in [5.74, 6) is -0.937. The largest absolute Gasteiger partial charge is 0.449 e. The fourth-order valence-electron chi connectivity index (χ4n) is 1.87. The Bertz CT molecular complexity index is 668. The Kier molecular flexibility index (Phi) is 5.16. The molecule has 0 bridgehead atoms. The highest BCUT2D eigenvalue weighted by molar-refractivity contribution is 7.09. The molecule has 116 valence electrons. The number of para-hydroxylation sites is 1. The third-order valence-electron chi connectivity index (χ3n) is 3.21. The smallest absolute Gasteiger partial charge is 0.341 e. The van der Waals surface area contributed by atoms with Gasteiger partial charge in [0.25, 0.3) is 5.91 Å². The SMILES string of the molecule is Cc1cccc(C(=O)OC(C)C(=O)NCc2cccs2)c1N. The fraction of sp³-hybridized carbons (Fsp3) is 0.250. The molecule has 2 aromatic rings. The molecule has 6 heteroatoms. The Hall–Kier alpha value is -2.34. The number of nitrogens with two attached hydrogens (primary N) is 1. The summed E-state index contributed by atoms with van der Waals surface area (Å²) in [6, 6.07) is 8.96. The molecule has 0 aliphatic rings. The first-order valence-electron chi connectivity index (χ1n) is 6.85. The Labute approximate surface area is 133 Å². The topological polar surface area (TPSA) is 81.4 Å². The maximum absolute atomic E-state index is 12.1. The second kappa shape index (κ2) is 7.09. The van der Waals surface area contributed by atoms with Crippen LogP contribution in [0.4, 0.5) is 5.69 Å². The van der Waals surface area contributed by atoms with Gasteiger partial charge in [0.05, 0.1) is 12.1 Å². The van der Waals surface area contributed by atoms with Gasteiger partial charge in [-0.1, -0.05) is 18.2 Å². The van der Waals surface area contributed by atoms with Gasteiger partial charge in [0.2, 0.25) is 0 Å². The number of carbonyl (C=O) groups excluding carboxylic acids is 2. The van der Waals surface area contributed by atoms with E-state index in [1.165, 1.54) is 6.92 Å². The highest BCUT2D eigenvalue weighted by atomic mass is 32.1. The van der Waals surface area contributed by atoms with Crippen molar-refractivity contribution in [2.45, 2.75) is 26.5 Å². The molecule has 1 amide bonds. The van der Waals surface area contributed by atoms with Gasteiger partial charge in [-0.05, 0) is 36.9 Å². The van der Waals surface area contributed by atoms with Crippen molar-refractivity contribution in [3.63, 3.8) is 0 Å². The molecule has 1 aromatic carbocycles. The van der Waals surface area contributed by atoms with Gasteiger partial charge in [0.15, 0.2) is 6.10 Å². The van der Waals surface area contributed by atoms with Crippen molar-refractivity contribution in [2.75, 3.05) is 5.73 Å². The van der Waals surface area contributed by atoms with Gasteiger partial charge >= 0.3 is 5.97 Å². The van der Waals surface area contributed by atoms with E-state index in [1.54, 1.807) is 23.5 Å². The van der Waals surface area contributed by atoms with Gasteiger partial charge in [0, 0.05) is 10.6 Å². The van der Waals surface area contributed by atoms with Crippen LogP contribution in [-0.4, -0.2) is 18.0 Å². The molecule has 0 saturated heterocycles. The number of aryl methyl sites for hydroxylation is 1. The number of thiophene rings is 1. The number of ether oxygens (including phenoxy) is 1. The molecule has 5 nitrogen and oxygen atoms in total. The Morgan fingerprint density at radius 1 is 1.32 bits per heavy atom. The van der Waals surface area contributed by atoms with Gasteiger partial charge < -0.3 is 15.8 Å². The maximum Gasteiger partial charge on any atom is 0.341 e. The van der Waals surface area contributed by atoms with Gasteiger partial charge in [0.1, 0.15) is 0 Å². The number of rotatable bonds is 5. The number of anilines is 1. The highest BCUT2D eigenvalue weighted by Gasteiger charge is 2.20. The molecular formula is C16H18N2O3S. The molecule has 0 aliphatic heterocycles. The number of hydrogen-bond acceptors (Lipinski definition) is 5. The van der Waals surface area contributed by atoms with E-state index < -0.39 is 12.1 Å². The zero-order valence-electron chi connectivity index (χ0n) is 12.5. The lowest BCUT2D eigenvalue weighted by molar-refractivity contribution is -0.129. The van der Waals surface area contributed by atoms with E-state index >= 15 is 0 Å². The van der Waals surface area contributed by atoms with E-state index in [2.05, 4.69) is 5.32 Å². The van der Waals surface area contributed by atoms with Gasteiger partial charge in [-0.3, -0.25) is 4.79 Å². The number of hydrogen-bond donors (Lipinski definition) is 2. The van der Waals surface area contributed by atoms with E-state index in [0.717, 1.165) is 10.4 Å².